The second kappa shape index (κ2) is 17.4. The number of imide groups is 2. The molecule has 3 aliphatic heterocycles. The monoisotopic (exact) mass is 835 g/mol. The van der Waals surface area contributed by atoms with Crippen molar-refractivity contribution in [2.24, 2.45) is 0 Å². The van der Waals surface area contributed by atoms with Gasteiger partial charge in [-0.2, -0.15) is 0 Å². The molecule has 5 heterocycles. The first-order valence-electron chi connectivity index (χ1n) is 21.1. The van der Waals surface area contributed by atoms with Crippen molar-refractivity contribution < 1.29 is 46.9 Å². The number of benzene rings is 2. The second-order valence-corrected chi connectivity index (χ2v) is 16.5. The number of nitrogens with one attached hydrogen (secondary N) is 1. The van der Waals surface area contributed by atoms with Gasteiger partial charge in [-0.3, -0.25) is 34.4 Å². The zero-order chi connectivity index (χ0) is 42.2. The van der Waals surface area contributed by atoms with Crippen LogP contribution in [0.1, 0.15) is 89.6 Å². The Bertz CT molecular complexity index is 2350. The van der Waals surface area contributed by atoms with E-state index >= 15 is 8.78 Å². The van der Waals surface area contributed by atoms with Gasteiger partial charge in [0.15, 0.2) is 11.6 Å². The van der Waals surface area contributed by atoms with Crippen molar-refractivity contribution in [3.05, 3.63) is 94.9 Å². The van der Waals surface area contributed by atoms with Crippen LogP contribution in [0, 0.1) is 11.6 Å². The third kappa shape index (κ3) is 8.26. The van der Waals surface area contributed by atoms with Gasteiger partial charge in [0.1, 0.15) is 12.1 Å². The lowest BCUT2D eigenvalue weighted by atomic mass is 9.92. The molecule has 1 saturated carbocycles. The smallest absolute Gasteiger partial charge is 0.262 e. The van der Waals surface area contributed by atoms with Gasteiger partial charge in [-0.05, 0) is 85.5 Å². The molecule has 1 N–H and O–H groups in total. The summed E-state index contributed by atoms with van der Waals surface area (Å²) in [7, 11) is 0. The van der Waals surface area contributed by atoms with Crippen LogP contribution in [0.15, 0.2) is 61.1 Å². The maximum atomic E-state index is 15.6. The molecule has 318 valence electrons. The Morgan fingerprint density at radius 2 is 1.54 bits per heavy atom. The van der Waals surface area contributed by atoms with E-state index in [1.165, 1.54) is 6.20 Å². The third-order valence-electron chi connectivity index (χ3n) is 12.4. The van der Waals surface area contributed by atoms with Gasteiger partial charge in [-0.1, -0.05) is 6.92 Å². The maximum absolute atomic E-state index is 15.6. The number of hydrogen-bond acceptors (Lipinski definition) is 11. The summed E-state index contributed by atoms with van der Waals surface area (Å²) in [6, 6.07) is 11.2. The van der Waals surface area contributed by atoms with Gasteiger partial charge in [0.2, 0.25) is 17.7 Å². The highest BCUT2D eigenvalue weighted by Gasteiger charge is 2.45. The zero-order valence-corrected chi connectivity index (χ0v) is 33.9. The summed E-state index contributed by atoms with van der Waals surface area (Å²) in [4.78, 5) is 61.6. The molecule has 3 fully saturated rings. The van der Waals surface area contributed by atoms with Crippen LogP contribution in [0.25, 0.3) is 22.3 Å². The van der Waals surface area contributed by atoms with E-state index in [1.807, 2.05) is 6.07 Å². The largest absolute Gasteiger partial charge is 0.474 e. The topological polar surface area (TPSA) is 149 Å². The molecule has 2 aliphatic carbocycles. The van der Waals surface area contributed by atoms with Crippen LogP contribution in [-0.2, 0) is 30.2 Å². The number of piperidine rings is 1. The Balaban J connectivity index is 0.631. The van der Waals surface area contributed by atoms with Gasteiger partial charge < -0.3 is 23.8 Å². The molecular formula is C46H47F2N5O8. The van der Waals surface area contributed by atoms with Gasteiger partial charge >= 0.3 is 0 Å². The molecule has 2 saturated heterocycles. The quantitative estimate of drug-likeness (QED) is 0.108. The molecular weight excluding hydrogens is 789 g/mol. The number of halogens is 2. The summed E-state index contributed by atoms with van der Waals surface area (Å²) < 4.78 is 54.9. The fraction of sp³-hybridized carbons (Fsp3) is 0.435. The predicted molar refractivity (Wildman–Crippen MR) is 218 cm³/mol. The van der Waals surface area contributed by atoms with E-state index < -0.39 is 41.3 Å². The average Bonchev–Trinajstić information content (AvgIpc) is 3.37. The number of ether oxygens (including phenoxy) is 4. The average molecular weight is 836 g/mol. The van der Waals surface area contributed by atoms with Gasteiger partial charge in [0.25, 0.3) is 11.8 Å². The van der Waals surface area contributed by atoms with Gasteiger partial charge in [0.05, 0.1) is 23.3 Å². The second-order valence-electron chi connectivity index (χ2n) is 16.5. The minimum absolute atomic E-state index is 0.0270. The summed E-state index contributed by atoms with van der Waals surface area (Å²) in [5, 5.41) is 2.21. The molecule has 4 amide bonds. The van der Waals surface area contributed by atoms with Crippen molar-refractivity contribution >= 4 is 29.3 Å². The van der Waals surface area contributed by atoms with E-state index in [9.17, 15) is 19.2 Å². The molecule has 9 rings (SSSR count). The lowest BCUT2D eigenvalue weighted by molar-refractivity contribution is -0.136. The number of aromatic nitrogens is 2. The van der Waals surface area contributed by atoms with E-state index in [4.69, 9.17) is 18.9 Å². The molecule has 15 heteroatoms. The Kier molecular flexibility index (Phi) is 11.6. The first-order valence-corrected chi connectivity index (χ1v) is 21.1. The number of amides is 4. The molecule has 0 bridgehead atoms. The zero-order valence-electron chi connectivity index (χ0n) is 33.9. The Morgan fingerprint density at radius 3 is 2.30 bits per heavy atom. The van der Waals surface area contributed by atoms with Crippen molar-refractivity contribution in [2.45, 2.75) is 88.6 Å². The molecule has 13 nitrogen and oxygen atoms in total. The van der Waals surface area contributed by atoms with Crippen LogP contribution in [0.5, 0.6) is 5.88 Å². The summed E-state index contributed by atoms with van der Waals surface area (Å²) in [5.41, 5.74) is 4.71. The number of carbonyl (C=O) groups is 4. The van der Waals surface area contributed by atoms with Gasteiger partial charge in [0, 0.05) is 111 Å². The standard InChI is InChI=1S/C46H47F2N5O8/c1-26-4-5-27-18-35(42(47)43(48)41(27)37-23-49-13-12-33(26)37)28-6-11-40(50-22-28)61-31-20-30(21-31)59-16-2-14-58-15-3-17-60-32-24-52(25-32)29-7-8-34-36(19-29)46(57)53(45(34)56)38-9-10-39(54)51-44(38)55/h6-8,11-13,18-19,22-23,26,30-32,38H,2-5,9-10,14-17,20-21,24-25H2,1H3,(H,51,54,55)/t26?,30-,31-,38?. The van der Waals surface area contributed by atoms with Crippen LogP contribution in [0.2, 0.25) is 0 Å². The molecule has 2 aromatic heterocycles. The maximum Gasteiger partial charge on any atom is 0.262 e. The predicted octanol–water partition coefficient (Wildman–Crippen LogP) is 6.17. The van der Waals surface area contributed by atoms with E-state index in [0.29, 0.717) is 68.5 Å². The fourth-order valence-corrected chi connectivity index (χ4v) is 8.81. The molecule has 2 unspecified atom stereocenters. The first-order chi connectivity index (χ1) is 29.6. The fourth-order valence-electron chi connectivity index (χ4n) is 8.81. The Morgan fingerprint density at radius 1 is 0.770 bits per heavy atom. The minimum atomic E-state index is -0.988. The number of anilines is 1. The van der Waals surface area contributed by atoms with E-state index in [1.54, 1.807) is 48.8 Å². The molecule has 0 spiro atoms. The normalized spacial score (nSPS) is 22.2. The number of fused-ring (bicyclic) bond motifs is 4. The van der Waals surface area contributed by atoms with Gasteiger partial charge in [-0.25, -0.2) is 13.8 Å². The number of hydrogen-bond donors (Lipinski definition) is 1. The number of pyridine rings is 2. The SMILES string of the molecule is CC1CCc2cc(-c3ccc(O[C@H]4C[C@H](OCCCOCCCOC5CN(c6ccc7c(c6)C(=O)N(C6CCC(=O)NC6=O)C7=O)C5)C4)nc3)c(F)c(F)c2-c2cnccc21. The highest BCUT2D eigenvalue weighted by molar-refractivity contribution is 6.23. The van der Waals surface area contributed by atoms with Crippen LogP contribution < -0.4 is 15.0 Å². The van der Waals surface area contributed by atoms with E-state index in [2.05, 4.69) is 27.1 Å². The number of aryl methyl sites for hydroxylation is 1. The summed E-state index contributed by atoms with van der Waals surface area (Å²) in [6.07, 6.45) is 9.65. The van der Waals surface area contributed by atoms with Crippen LogP contribution in [0.3, 0.4) is 0 Å². The molecule has 2 aromatic carbocycles. The molecule has 61 heavy (non-hydrogen) atoms. The van der Waals surface area contributed by atoms with E-state index in [0.717, 1.165) is 53.8 Å². The van der Waals surface area contributed by atoms with E-state index in [-0.39, 0.29) is 53.8 Å². The van der Waals surface area contributed by atoms with Crippen molar-refractivity contribution in [1.29, 1.82) is 0 Å². The molecule has 5 aliphatic rings. The van der Waals surface area contributed by atoms with Crippen molar-refractivity contribution in [2.75, 3.05) is 44.4 Å². The van der Waals surface area contributed by atoms with Crippen molar-refractivity contribution in [3.8, 4) is 28.1 Å². The highest BCUT2D eigenvalue weighted by Crippen LogP contribution is 2.42. The molecule has 4 aromatic rings. The minimum Gasteiger partial charge on any atom is -0.474 e. The van der Waals surface area contributed by atoms with Crippen LogP contribution >= 0.6 is 0 Å². The summed E-state index contributed by atoms with van der Waals surface area (Å²) in [5.74, 6) is -3.18. The highest BCUT2D eigenvalue weighted by atomic mass is 19.2. The van der Waals surface area contributed by atoms with Crippen molar-refractivity contribution in [3.63, 3.8) is 0 Å². The first kappa shape index (κ1) is 40.7. The van der Waals surface area contributed by atoms with Crippen LogP contribution in [0.4, 0.5) is 14.5 Å². The Hall–Kier alpha value is -5.64. The third-order valence-corrected chi connectivity index (χ3v) is 12.4. The number of rotatable bonds is 15. The number of nitrogens with zero attached hydrogens (tertiary/aromatic N) is 4. The van der Waals surface area contributed by atoms with Gasteiger partial charge in [-0.15, -0.1) is 0 Å². The lowest BCUT2D eigenvalue weighted by Crippen LogP contribution is -2.54. The lowest BCUT2D eigenvalue weighted by Gasteiger charge is -2.40. The summed E-state index contributed by atoms with van der Waals surface area (Å²) >= 11 is 0. The van der Waals surface area contributed by atoms with Crippen LogP contribution in [-0.4, -0.2) is 102 Å². The molecule has 0 radical (unpaired) electrons. The number of carbonyl (C=O) groups excluding carboxylic acids is 4. The van der Waals surface area contributed by atoms with Crippen molar-refractivity contribution in [1.82, 2.24) is 20.2 Å². The summed E-state index contributed by atoms with van der Waals surface area (Å²) in [6.45, 7) is 5.71. The Labute approximate surface area is 351 Å². The molecule has 2 atom stereocenters.